The lowest BCUT2D eigenvalue weighted by Crippen LogP contribution is -2.48. The van der Waals surface area contributed by atoms with Crippen LogP contribution < -0.4 is 10.6 Å². The Morgan fingerprint density at radius 1 is 1.43 bits per heavy atom. The van der Waals surface area contributed by atoms with Gasteiger partial charge in [-0.25, -0.2) is 4.79 Å². The molecule has 0 heterocycles. The van der Waals surface area contributed by atoms with Crippen molar-refractivity contribution in [3.05, 3.63) is 28.2 Å². The molecular weight excluding hydrogens is 336 g/mol. The lowest BCUT2D eigenvalue weighted by molar-refractivity contribution is -0.148. The second-order valence-electron chi connectivity index (χ2n) is 5.73. The third-order valence-corrected chi connectivity index (χ3v) is 5.04. The number of anilines is 1. The van der Waals surface area contributed by atoms with Gasteiger partial charge in [0.25, 0.3) is 0 Å². The van der Waals surface area contributed by atoms with Gasteiger partial charge in [0.1, 0.15) is 0 Å². The molecular formula is C15H19BrN2O3. The number of benzene rings is 1. The molecule has 2 atom stereocenters. The van der Waals surface area contributed by atoms with Crippen LogP contribution in [-0.4, -0.2) is 23.1 Å². The molecule has 5 nitrogen and oxygen atoms in total. The number of hydrogen-bond donors (Lipinski definition) is 3. The zero-order chi connectivity index (χ0) is 15.6. The molecule has 2 rings (SSSR count). The number of amides is 2. The number of rotatable bonds is 3. The normalized spacial score (nSPS) is 24.6. The molecule has 6 heteroatoms. The zero-order valence-corrected chi connectivity index (χ0v) is 13.7. The van der Waals surface area contributed by atoms with E-state index in [9.17, 15) is 14.7 Å². The molecule has 0 aromatic heterocycles. The van der Waals surface area contributed by atoms with Crippen molar-refractivity contribution in [2.45, 2.75) is 39.2 Å². The Kier molecular flexibility index (Phi) is 4.56. The number of nitrogens with one attached hydrogen (secondary N) is 2. The van der Waals surface area contributed by atoms with Gasteiger partial charge in [0, 0.05) is 16.2 Å². The maximum absolute atomic E-state index is 12.0. The van der Waals surface area contributed by atoms with Gasteiger partial charge in [-0.1, -0.05) is 28.4 Å². The van der Waals surface area contributed by atoms with Gasteiger partial charge in [0.2, 0.25) is 0 Å². The molecule has 21 heavy (non-hydrogen) atoms. The lowest BCUT2D eigenvalue weighted by Gasteiger charge is -2.27. The zero-order valence-electron chi connectivity index (χ0n) is 12.1. The summed E-state index contributed by atoms with van der Waals surface area (Å²) in [6, 6.07) is 4.82. The quantitative estimate of drug-likeness (QED) is 0.776. The number of aryl methyl sites for hydroxylation is 1. The van der Waals surface area contributed by atoms with Crippen LogP contribution in [0.3, 0.4) is 0 Å². The first-order valence-electron chi connectivity index (χ1n) is 6.90. The third kappa shape index (κ3) is 3.37. The standard InChI is InChI=1S/C15H19BrN2O3/c1-9-5-6-10(8-11(9)16)17-14(21)18-12-4-3-7-15(12,2)13(19)20/h5-6,8,12H,3-4,7H2,1-2H3,(H,19,20)(H2,17,18,21). The Bertz CT molecular complexity index is 576. The number of hydrogen-bond acceptors (Lipinski definition) is 2. The molecule has 0 radical (unpaired) electrons. The number of aliphatic carboxylic acids is 1. The smallest absolute Gasteiger partial charge is 0.319 e. The van der Waals surface area contributed by atoms with Crippen LogP contribution in [0, 0.1) is 12.3 Å². The fourth-order valence-corrected chi connectivity index (χ4v) is 3.03. The molecule has 1 aliphatic rings. The summed E-state index contributed by atoms with van der Waals surface area (Å²) < 4.78 is 0.913. The summed E-state index contributed by atoms with van der Waals surface area (Å²) >= 11 is 3.41. The maximum atomic E-state index is 12.0. The summed E-state index contributed by atoms with van der Waals surface area (Å²) in [5, 5.41) is 14.9. The Balaban J connectivity index is 2.01. The van der Waals surface area contributed by atoms with Gasteiger partial charge in [0.05, 0.1) is 5.41 Å². The molecule has 1 aromatic carbocycles. The predicted molar refractivity (Wildman–Crippen MR) is 84.4 cm³/mol. The van der Waals surface area contributed by atoms with E-state index in [2.05, 4.69) is 26.6 Å². The second-order valence-corrected chi connectivity index (χ2v) is 6.58. The minimum atomic E-state index is -0.884. The van der Waals surface area contributed by atoms with E-state index in [0.29, 0.717) is 18.5 Å². The van der Waals surface area contributed by atoms with Gasteiger partial charge in [-0.05, 0) is 44.4 Å². The highest BCUT2D eigenvalue weighted by molar-refractivity contribution is 9.10. The molecule has 0 aliphatic heterocycles. The molecule has 1 saturated carbocycles. The van der Waals surface area contributed by atoms with Gasteiger partial charge in [-0.2, -0.15) is 0 Å². The van der Waals surface area contributed by atoms with Gasteiger partial charge in [-0.15, -0.1) is 0 Å². The van der Waals surface area contributed by atoms with Crippen LogP contribution in [0.4, 0.5) is 10.5 Å². The van der Waals surface area contributed by atoms with Crippen molar-refractivity contribution in [2.24, 2.45) is 5.41 Å². The highest BCUT2D eigenvalue weighted by atomic mass is 79.9. The molecule has 3 N–H and O–H groups in total. The van der Waals surface area contributed by atoms with Crippen LogP contribution in [0.25, 0.3) is 0 Å². The van der Waals surface area contributed by atoms with Crippen molar-refractivity contribution in [3.63, 3.8) is 0 Å². The van der Waals surface area contributed by atoms with E-state index in [1.54, 1.807) is 6.92 Å². The number of carboxylic acids is 1. The van der Waals surface area contributed by atoms with E-state index in [1.807, 2.05) is 25.1 Å². The van der Waals surface area contributed by atoms with E-state index in [-0.39, 0.29) is 12.1 Å². The summed E-state index contributed by atoms with van der Waals surface area (Å²) in [6.45, 7) is 3.65. The van der Waals surface area contributed by atoms with E-state index in [1.165, 1.54) is 0 Å². The fourth-order valence-electron chi connectivity index (χ4n) is 2.65. The van der Waals surface area contributed by atoms with Crippen LogP contribution in [-0.2, 0) is 4.79 Å². The third-order valence-electron chi connectivity index (χ3n) is 4.18. The molecule has 1 aliphatic carbocycles. The Morgan fingerprint density at radius 3 is 2.76 bits per heavy atom. The van der Waals surface area contributed by atoms with Crippen molar-refractivity contribution in [1.82, 2.24) is 5.32 Å². The highest BCUT2D eigenvalue weighted by Crippen LogP contribution is 2.38. The average Bonchev–Trinajstić information content (AvgIpc) is 2.77. The predicted octanol–water partition coefficient (Wildman–Crippen LogP) is 3.52. The minimum absolute atomic E-state index is 0.344. The van der Waals surface area contributed by atoms with Crippen molar-refractivity contribution in [2.75, 3.05) is 5.32 Å². The van der Waals surface area contributed by atoms with Gasteiger partial charge in [0.15, 0.2) is 0 Å². The molecule has 0 spiro atoms. The minimum Gasteiger partial charge on any atom is -0.481 e. The number of urea groups is 1. The summed E-state index contributed by atoms with van der Waals surface area (Å²) in [7, 11) is 0. The highest BCUT2D eigenvalue weighted by Gasteiger charge is 2.45. The van der Waals surface area contributed by atoms with Crippen molar-refractivity contribution < 1.29 is 14.7 Å². The first kappa shape index (κ1) is 15.8. The molecule has 1 fully saturated rings. The first-order chi connectivity index (χ1) is 9.83. The number of carbonyl (C=O) groups excluding carboxylic acids is 1. The molecule has 0 bridgehead atoms. The van der Waals surface area contributed by atoms with Crippen LogP contribution in [0.5, 0.6) is 0 Å². The average molecular weight is 355 g/mol. The van der Waals surface area contributed by atoms with Crippen LogP contribution in [0.2, 0.25) is 0 Å². The topological polar surface area (TPSA) is 78.4 Å². The summed E-state index contributed by atoms with van der Waals surface area (Å²) in [4.78, 5) is 23.4. The summed E-state index contributed by atoms with van der Waals surface area (Å²) in [5.41, 5.74) is 0.862. The van der Waals surface area contributed by atoms with E-state index in [0.717, 1.165) is 16.5 Å². The van der Waals surface area contributed by atoms with E-state index >= 15 is 0 Å². The Morgan fingerprint density at radius 2 is 2.14 bits per heavy atom. The van der Waals surface area contributed by atoms with Crippen LogP contribution >= 0.6 is 15.9 Å². The van der Waals surface area contributed by atoms with Gasteiger partial charge < -0.3 is 15.7 Å². The lowest BCUT2D eigenvalue weighted by atomic mass is 9.85. The second kappa shape index (κ2) is 6.05. The number of carbonyl (C=O) groups is 2. The molecule has 1 aromatic rings. The Labute approximate surface area is 132 Å². The van der Waals surface area contributed by atoms with Gasteiger partial charge in [-0.3, -0.25) is 4.79 Å². The van der Waals surface area contributed by atoms with Crippen molar-refractivity contribution >= 4 is 33.6 Å². The largest absolute Gasteiger partial charge is 0.481 e. The summed E-state index contributed by atoms with van der Waals surface area (Å²) in [6.07, 6.45) is 2.08. The molecule has 0 saturated heterocycles. The molecule has 2 unspecified atom stereocenters. The SMILES string of the molecule is Cc1ccc(NC(=O)NC2CCCC2(C)C(=O)O)cc1Br. The Hall–Kier alpha value is -1.56. The molecule has 2 amide bonds. The number of carboxylic acid groups (broad SMARTS) is 1. The first-order valence-corrected chi connectivity index (χ1v) is 7.69. The van der Waals surface area contributed by atoms with Gasteiger partial charge >= 0.3 is 12.0 Å². The maximum Gasteiger partial charge on any atom is 0.319 e. The van der Waals surface area contributed by atoms with Crippen molar-refractivity contribution in [3.8, 4) is 0 Å². The van der Waals surface area contributed by atoms with Crippen LogP contribution in [0.15, 0.2) is 22.7 Å². The summed E-state index contributed by atoms with van der Waals surface area (Å²) in [5.74, 6) is -0.858. The number of halogens is 1. The monoisotopic (exact) mass is 354 g/mol. The fraction of sp³-hybridized carbons (Fsp3) is 0.467. The van der Waals surface area contributed by atoms with E-state index in [4.69, 9.17) is 0 Å². The van der Waals surface area contributed by atoms with Crippen LogP contribution in [0.1, 0.15) is 31.7 Å². The molecule has 114 valence electrons. The van der Waals surface area contributed by atoms with E-state index < -0.39 is 11.4 Å². The van der Waals surface area contributed by atoms with Crippen molar-refractivity contribution in [1.29, 1.82) is 0 Å².